The average Bonchev–Trinajstić information content (AvgIpc) is 3.27. The molecule has 31 heavy (non-hydrogen) atoms. The van der Waals surface area contributed by atoms with Crippen molar-refractivity contribution in [2.24, 2.45) is 0 Å². The van der Waals surface area contributed by atoms with Crippen LogP contribution in [0.25, 0.3) is 5.69 Å². The van der Waals surface area contributed by atoms with Gasteiger partial charge in [-0.25, -0.2) is 9.97 Å². The number of alkyl halides is 3. The van der Waals surface area contributed by atoms with E-state index >= 15 is 0 Å². The molecule has 2 heterocycles. The molecule has 3 aromatic rings. The van der Waals surface area contributed by atoms with Crippen LogP contribution in [0.5, 0.6) is 0 Å². The standard InChI is InChI=1S/C19H19BrF3N7O/c1-3-29(12(2)9-24-18-25-10-13(11-26-18)19(21,22)23)17(31)15-8-14(20)4-5-16(15)30-27-6-7-28-30/h4-8,10-12H,3,9H2,1-2H3,(H,24,25,26). The normalized spacial score (nSPS) is 12.5. The Morgan fingerprint density at radius 3 is 2.45 bits per heavy atom. The molecular weight excluding hydrogens is 479 g/mol. The van der Waals surface area contributed by atoms with Gasteiger partial charge in [0.1, 0.15) is 0 Å². The minimum Gasteiger partial charge on any atom is -0.352 e. The van der Waals surface area contributed by atoms with Crippen LogP contribution in [0.1, 0.15) is 29.8 Å². The smallest absolute Gasteiger partial charge is 0.352 e. The first-order chi connectivity index (χ1) is 14.7. The summed E-state index contributed by atoms with van der Waals surface area (Å²) in [6.45, 7) is 4.32. The molecule has 164 valence electrons. The largest absolute Gasteiger partial charge is 0.419 e. The van der Waals surface area contributed by atoms with Crippen molar-refractivity contribution in [3.8, 4) is 5.69 Å². The zero-order valence-corrected chi connectivity index (χ0v) is 18.2. The number of likely N-dealkylation sites (N-methyl/N-ethyl adjacent to an activating group) is 1. The van der Waals surface area contributed by atoms with E-state index in [-0.39, 0.29) is 24.4 Å². The van der Waals surface area contributed by atoms with Gasteiger partial charge in [-0.3, -0.25) is 4.79 Å². The van der Waals surface area contributed by atoms with Crippen molar-refractivity contribution < 1.29 is 18.0 Å². The molecule has 0 spiro atoms. The van der Waals surface area contributed by atoms with Crippen molar-refractivity contribution in [3.63, 3.8) is 0 Å². The Morgan fingerprint density at radius 2 is 1.87 bits per heavy atom. The molecule has 12 heteroatoms. The highest BCUT2D eigenvalue weighted by molar-refractivity contribution is 9.10. The molecule has 2 aromatic heterocycles. The van der Waals surface area contributed by atoms with Crippen LogP contribution in [0, 0.1) is 0 Å². The summed E-state index contributed by atoms with van der Waals surface area (Å²) in [4.78, 5) is 23.7. The van der Waals surface area contributed by atoms with Gasteiger partial charge in [0.25, 0.3) is 5.91 Å². The number of hydrogen-bond donors (Lipinski definition) is 1. The molecule has 0 bridgehead atoms. The van der Waals surface area contributed by atoms with Crippen molar-refractivity contribution in [3.05, 3.63) is 58.6 Å². The van der Waals surface area contributed by atoms with E-state index in [0.29, 0.717) is 30.2 Å². The number of carbonyl (C=O) groups is 1. The average molecular weight is 498 g/mol. The van der Waals surface area contributed by atoms with Gasteiger partial charge >= 0.3 is 6.18 Å². The van der Waals surface area contributed by atoms with Crippen LogP contribution in [0.4, 0.5) is 19.1 Å². The second kappa shape index (κ2) is 9.41. The predicted octanol–water partition coefficient (Wildman–Crippen LogP) is 3.80. The lowest BCUT2D eigenvalue weighted by molar-refractivity contribution is -0.138. The minimum atomic E-state index is -4.50. The summed E-state index contributed by atoms with van der Waals surface area (Å²) in [5.74, 6) is -0.189. The molecule has 1 amide bonds. The van der Waals surface area contributed by atoms with Crippen LogP contribution in [0.3, 0.4) is 0 Å². The zero-order valence-electron chi connectivity index (χ0n) is 16.6. The van der Waals surface area contributed by atoms with Crippen molar-refractivity contribution in [2.75, 3.05) is 18.4 Å². The van der Waals surface area contributed by atoms with Gasteiger partial charge in [-0.2, -0.15) is 28.2 Å². The molecule has 1 unspecified atom stereocenters. The van der Waals surface area contributed by atoms with Crippen LogP contribution in [0.2, 0.25) is 0 Å². The molecule has 1 aromatic carbocycles. The number of hydrogen-bond acceptors (Lipinski definition) is 6. The van der Waals surface area contributed by atoms with Gasteiger partial charge < -0.3 is 10.2 Å². The van der Waals surface area contributed by atoms with Gasteiger partial charge in [0.05, 0.1) is 29.2 Å². The summed E-state index contributed by atoms with van der Waals surface area (Å²) >= 11 is 3.39. The number of halogens is 4. The Bertz CT molecular complexity index is 1030. The van der Waals surface area contributed by atoms with Crippen LogP contribution < -0.4 is 5.32 Å². The SMILES string of the molecule is CCN(C(=O)c1cc(Br)ccc1-n1nccn1)C(C)CNc1ncc(C(F)(F)F)cn1. The summed E-state index contributed by atoms with van der Waals surface area (Å²) in [5, 5.41) is 11.1. The number of amides is 1. The number of aromatic nitrogens is 5. The Morgan fingerprint density at radius 1 is 1.23 bits per heavy atom. The third-order valence-electron chi connectivity index (χ3n) is 4.49. The summed E-state index contributed by atoms with van der Waals surface area (Å²) < 4.78 is 38.6. The lowest BCUT2D eigenvalue weighted by atomic mass is 10.1. The molecule has 0 radical (unpaired) electrons. The van der Waals surface area contributed by atoms with Crippen LogP contribution in [-0.2, 0) is 6.18 Å². The molecule has 8 nitrogen and oxygen atoms in total. The highest BCUT2D eigenvalue weighted by Gasteiger charge is 2.31. The lowest BCUT2D eigenvalue weighted by Crippen LogP contribution is -2.42. The van der Waals surface area contributed by atoms with E-state index in [4.69, 9.17) is 0 Å². The first-order valence-electron chi connectivity index (χ1n) is 9.31. The second-order valence-electron chi connectivity index (χ2n) is 6.59. The Balaban J connectivity index is 1.74. The number of carbonyl (C=O) groups excluding carboxylic acids is 1. The minimum absolute atomic E-state index is 0.0484. The fraction of sp³-hybridized carbons (Fsp3) is 0.316. The van der Waals surface area contributed by atoms with E-state index in [9.17, 15) is 18.0 Å². The number of rotatable bonds is 7. The van der Waals surface area contributed by atoms with Crippen LogP contribution in [0.15, 0.2) is 47.5 Å². The number of nitrogens with one attached hydrogen (secondary N) is 1. The van der Waals surface area contributed by atoms with Crippen molar-refractivity contribution in [2.45, 2.75) is 26.1 Å². The maximum absolute atomic E-state index is 13.3. The quantitative estimate of drug-likeness (QED) is 0.533. The molecule has 1 N–H and O–H groups in total. The summed E-state index contributed by atoms with van der Waals surface area (Å²) in [6, 6.07) is 4.92. The molecule has 0 aliphatic heterocycles. The van der Waals surface area contributed by atoms with Gasteiger partial charge in [-0.05, 0) is 32.0 Å². The fourth-order valence-corrected chi connectivity index (χ4v) is 3.28. The fourth-order valence-electron chi connectivity index (χ4n) is 2.92. The summed E-state index contributed by atoms with van der Waals surface area (Å²) in [6.07, 6.45) is -0.0292. The van der Waals surface area contributed by atoms with E-state index in [0.717, 1.165) is 4.47 Å². The topological polar surface area (TPSA) is 88.8 Å². The number of anilines is 1. The predicted molar refractivity (Wildman–Crippen MR) is 111 cm³/mol. The number of nitrogens with zero attached hydrogens (tertiary/aromatic N) is 6. The Labute approximate surface area is 184 Å². The second-order valence-corrected chi connectivity index (χ2v) is 7.51. The van der Waals surface area contributed by atoms with Crippen molar-refractivity contribution >= 4 is 27.8 Å². The van der Waals surface area contributed by atoms with Gasteiger partial charge in [0, 0.05) is 36.0 Å². The highest BCUT2D eigenvalue weighted by Crippen LogP contribution is 2.28. The van der Waals surface area contributed by atoms with Gasteiger partial charge in [-0.15, -0.1) is 0 Å². The van der Waals surface area contributed by atoms with E-state index in [1.54, 1.807) is 23.1 Å². The first-order valence-corrected chi connectivity index (χ1v) is 10.1. The zero-order chi connectivity index (χ0) is 22.6. The molecular formula is C19H19BrF3N7O. The molecule has 0 aliphatic carbocycles. The summed E-state index contributed by atoms with van der Waals surface area (Å²) in [7, 11) is 0. The molecule has 0 saturated heterocycles. The third kappa shape index (κ3) is 5.37. The molecule has 0 saturated carbocycles. The lowest BCUT2D eigenvalue weighted by Gasteiger charge is -2.29. The number of benzene rings is 1. The van der Waals surface area contributed by atoms with E-state index in [1.807, 2.05) is 13.8 Å². The van der Waals surface area contributed by atoms with Crippen molar-refractivity contribution in [1.29, 1.82) is 0 Å². The molecule has 1 atom stereocenters. The van der Waals surface area contributed by atoms with E-state index in [1.165, 1.54) is 17.2 Å². The van der Waals surface area contributed by atoms with Gasteiger partial charge in [0.15, 0.2) is 0 Å². The molecule has 0 fully saturated rings. The van der Waals surface area contributed by atoms with E-state index in [2.05, 4.69) is 41.4 Å². The van der Waals surface area contributed by atoms with Crippen molar-refractivity contribution in [1.82, 2.24) is 29.9 Å². The van der Waals surface area contributed by atoms with Crippen LogP contribution in [-0.4, -0.2) is 54.9 Å². The third-order valence-corrected chi connectivity index (χ3v) is 4.98. The van der Waals surface area contributed by atoms with Gasteiger partial charge in [0.2, 0.25) is 5.95 Å². The molecule has 0 aliphatic rings. The van der Waals surface area contributed by atoms with E-state index < -0.39 is 11.7 Å². The maximum Gasteiger partial charge on any atom is 0.419 e. The summed E-state index contributed by atoms with van der Waals surface area (Å²) in [5.41, 5.74) is 0.0128. The van der Waals surface area contributed by atoms with Crippen LogP contribution >= 0.6 is 15.9 Å². The maximum atomic E-state index is 13.3. The Kier molecular flexibility index (Phi) is 6.88. The Hall–Kier alpha value is -3.02. The monoisotopic (exact) mass is 497 g/mol. The van der Waals surface area contributed by atoms with Gasteiger partial charge in [-0.1, -0.05) is 15.9 Å². The first kappa shape index (κ1) is 22.7. The molecule has 3 rings (SSSR count). The highest BCUT2D eigenvalue weighted by atomic mass is 79.9.